The first-order valence-corrected chi connectivity index (χ1v) is 5.62. The molecule has 0 aliphatic carbocycles. The molecule has 0 radical (unpaired) electrons. The highest BCUT2D eigenvalue weighted by Crippen LogP contribution is 2.23. The van der Waals surface area contributed by atoms with Crippen LogP contribution in [-0.4, -0.2) is 31.4 Å². The number of methoxy groups -OCH3 is 1. The Balaban J connectivity index is 2.52. The van der Waals surface area contributed by atoms with Crippen LogP contribution in [0, 0.1) is 5.92 Å². The third-order valence-electron chi connectivity index (χ3n) is 2.30. The Bertz CT molecular complexity index is 367. The number of hydrogen-bond donors (Lipinski definition) is 1. The summed E-state index contributed by atoms with van der Waals surface area (Å²) in [6.45, 7) is 0.477. The van der Waals surface area contributed by atoms with Crippen molar-refractivity contribution in [1.82, 2.24) is 0 Å². The van der Waals surface area contributed by atoms with Crippen molar-refractivity contribution in [3.8, 4) is 5.75 Å². The second kappa shape index (κ2) is 7.14. The van der Waals surface area contributed by atoms with Gasteiger partial charge in [-0.15, -0.1) is 0 Å². The molecule has 17 heavy (non-hydrogen) atoms. The molecule has 0 spiro atoms. The van der Waals surface area contributed by atoms with Gasteiger partial charge < -0.3 is 14.6 Å². The van der Waals surface area contributed by atoms with Crippen molar-refractivity contribution in [3.05, 3.63) is 29.3 Å². The van der Waals surface area contributed by atoms with Crippen molar-refractivity contribution in [2.75, 3.05) is 20.3 Å². The molecule has 1 rings (SSSR count). The SMILES string of the molecule is COCCC(COc1ccccc1Cl)C(=O)O. The van der Waals surface area contributed by atoms with Crippen molar-refractivity contribution < 1.29 is 19.4 Å². The standard InChI is InChI=1S/C12H15ClO4/c1-16-7-6-9(12(14)15)8-17-11-5-3-2-4-10(11)13/h2-5,9H,6-8H2,1H3,(H,14,15). The average Bonchev–Trinajstić information content (AvgIpc) is 2.31. The molecule has 4 nitrogen and oxygen atoms in total. The van der Waals surface area contributed by atoms with Gasteiger partial charge in [-0.1, -0.05) is 23.7 Å². The molecular formula is C12H15ClO4. The van der Waals surface area contributed by atoms with Gasteiger partial charge in [0.15, 0.2) is 0 Å². The Morgan fingerprint density at radius 1 is 1.47 bits per heavy atom. The first-order chi connectivity index (χ1) is 8.15. The molecule has 0 aliphatic heterocycles. The van der Waals surface area contributed by atoms with E-state index in [1.807, 2.05) is 0 Å². The van der Waals surface area contributed by atoms with Crippen molar-refractivity contribution in [2.45, 2.75) is 6.42 Å². The molecule has 0 bridgehead atoms. The fraction of sp³-hybridized carbons (Fsp3) is 0.417. The van der Waals surface area contributed by atoms with E-state index in [2.05, 4.69) is 0 Å². The second-order valence-electron chi connectivity index (χ2n) is 3.56. The minimum atomic E-state index is -0.894. The quantitative estimate of drug-likeness (QED) is 0.816. The third kappa shape index (κ3) is 4.63. The summed E-state index contributed by atoms with van der Waals surface area (Å²) in [5, 5.41) is 9.45. The summed E-state index contributed by atoms with van der Waals surface area (Å²) in [6.07, 6.45) is 0.413. The van der Waals surface area contributed by atoms with Gasteiger partial charge in [-0.05, 0) is 18.6 Å². The number of ether oxygens (including phenoxy) is 2. The van der Waals surface area contributed by atoms with Gasteiger partial charge in [0.1, 0.15) is 12.4 Å². The van der Waals surface area contributed by atoms with E-state index >= 15 is 0 Å². The average molecular weight is 259 g/mol. The van der Waals surface area contributed by atoms with Crippen LogP contribution in [0.4, 0.5) is 0 Å². The van der Waals surface area contributed by atoms with E-state index in [-0.39, 0.29) is 6.61 Å². The summed E-state index contributed by atoms with van der Waals surface area (Å²) in [5.41, 5.74) is 0. The van der Waals surface area contributed by atoms with Crippen molar-refractivity contribution >= 4 is 17.6 Å². The molecule has 1 N–H and O–H groups in total. The molecular weight excluding hydrogens is 244 g/mol. The van der Waals surface area contributed by atoms with E-state index in [9.17, 15) is 4.79 Å². The lowest BCUT2D eigenvalue weighted by atomic mass is 10.1. The first kappa shape index (κ1) is 13.8. The van der Waals surface area contributed by atoms with Crippen LogP contribution in [0.1, 0.15) is 6.42 Å². The Morgan fingerprint density at radius 3 is 2.76 bits per heavy atom. The van der Waals surface area contributed by atoms with E-state index in [1.54, 1.807) is 24.3 Å². The number of para-hydroxylation sites is 1. The van der Waals surface area contributed by atoms with Gasteiger partial charge in [-0.25, -0.2) is 0 Å². The fourth-order valence-corrected chi connectivity index (χ4v) is 1.48. The molecule has 0 amide bonds. The summed E-state index contributed by atoms with van der Waals surface area (Å²) in [5.74, 6) is -0.988. The number of aliphatic carboxylic acids is 1. The van der Waals surface area contributed by atoms with E-state index in [0.717, 1.165) is 0 Å². The lowest BCUT2D eigenvalue weighted by molar-refractivity contribution is -0.143. The van der Waals surface area contributed by atoms with E-state index in [4.69, 9.17) is 26.2 Å². The third-order valence-corrected chi connectivity index (χ3v) is 2.61. The van der Waals surface area contributed by atoms with Crippen LogP contribution in [0.2, 0.25) is 5.02 Å². The van der Waals surface area contributed by atoms with Crippen molar-refractivity contribution in [3.63, 3.8) is 0 Å². The van der Waals surface area contributed by atoms with Gasteiger partial charge in [-0.2, -0.15) is 0 Å². The summed E-state index contributed by atoms with van der Waals surface area (Å²) in [4.78, 5) is 10.9. The van der Waals surface area contributed by atoms with Crippen LogP contribution in [0.3, 0.4) is 0 Å². The minimum Gasteiger partial charge on any atom is -0.491 e. The predicted octanol–water partition coefficient (Wildman–Crippen LogP) is 2.46. The van der Waals surface area contributed by atoms with Gasteiger partial charge in [0, 0.05) is 13.7 Å². The molecule has 1 aromatic rings. The largest absolute Gasteiger partial charge is 0.491 e. The minimum absolute atomic E-state index is 0.0857. The summed E-state index contributed by atoms with van der Waals surface area (Å²) < 4.78 is 10.2. The summed E-state index contributed by atoms with van der Waals surface area (Å²) >= 11 is 5.89. The second-order valence-corrected chi connectivity index (χ2v) is 3.97. The maximum atomic E-state index is 10.9. The fourth-order valence-electron chi connectivity index (χ4n) is 1.29. The zero-order chi connectivity index (χ0) is 12.7. The summed E-state index contributed by atoms with van der Waals surface area (Å²) in [7, 11) is 1.54. The number of hydrogen-bond acceptors (Lipinski definition) is 3. The highest BCUT2D eigenvalue weighted by atomic mass is 35.5. The van der Waals surface area contributed by atoms with Gasteiger partial charge in [-0.3, -0.25) is 4.79 Å². The van der Waals surface area contributed by atoms with Crippen LogP contribution >= 0.6 is 11.6 Å². The van der Waals surface area contributed by atoms with Gasteiger partial charge in [0.25, 0.3) is 0 Å². The zero-order valence-electron chi connectivity index (χ0n) is 9.56. The number of carboxylic acids is 1. The number of benzene rings is 1. The lowest BCUT2D eigenvalue weighted by Gasteiger charge is -2.13. The number of carbonyl (C=O) groups is 1. The number of halogens is 1. The highest BCUT2D eigenvalue weighted by Gasteiger charge is 2.18. The zero-order valence-corrected chi connectivity index (χ0v) is 10.3. The smallest absolute Gasteiger partial charge is 0.310 e. The van der Waals surface area contributed by atoms with Crippen LogP contribution < -0.4 is 4.74 Å². The molecule has 1 unspecified atom stereocenters. The summed E-state index contributed by atoms with van der Waals surface area (Å²) in [6, 6.07) is 6.97. The Morgan fingerprint density at radius 2 is 2.18 bits per heavy atom. The predicted molar refractivity (Wildman–Crippen MR) is 64.6 cm³/mol. The number of rotatable bonds is 7. The van der Waals surface area contributed by atoms with Crippen LogP contribution in [0.5, 0.6) is 5.75 Å². The Labute approximate surface area is 105 Å². The van der Waals surface area contributed by atoms with Crippen molar-refractivity contribution in [2.24, 2.45) is 5.92 Å². The molecule has 0 fully saturated rings. The Kier molecular flexibility index (Phi) is 5.80. The molecule has 0 aromatic heterocycles. The van der Waals surface area contributed by atoms with E-state index in [0.29, 0.717) is 23.8 Å². The van der Waals surface area contributed by atoms with Crippen molar-refractivity contribution in [1.29, 1.82) is 0 Å². The molecule has 0 heterocycles. The molecule has 0 saturated heterocycles. The highest BCUT2D eigenvalue weighted by molar-refractivity contribution is 6.32. The number of carboxylic acid groups (broad SMARTS) is 1. The molecule has 5 heteroatoms. The maximum absolute atomic E-state index is 10.9. The molecule has 1 aromatic carbocycles. The molecule has 0 saturated carbocycles. The lowest BCUT2D eigenvalue weighted by Crippen LogP contribution is -2.23. The molecule has 1 atom stereocenters. The first-order valence-electron chi connectivity index (χ1n) is 5.24. The van der Waals surface area contributed by atoms with Crippen LogP contribution in [0.15, 0.2) is 24.3 Å². The molecule has 0 aliphatic rings. The van der Waals surface area contributed by atoms with Gasteiger partial charge >= 0.3 is 5.97 Å². The van der Waals surface area contributed by atoms with Gasteiger partial charge in [0.05, 0.1) is 10.9 Å². The van der Waals surface area contributed by atoms with Gasteiger partial charge in [0.2, 0.25) is 0 Å². The maximum Gasteiger partial charge on any atom is 0.310 e. The normalized spacial score (nSPS) is 12.1. The van der Waals surface area contributed by atoms with Crippen LogP contribution in [0.25, 0.3) is 0 Å². The van der Waals surface area contributed by atoms with E-state index < -0.39 is 11.9 Å². The monoisotopic (exact) mass is 258 g/mol. The topological polar surface area (TPSA) is 55.8 Å². The Hall–Kier alpha value is -1.26. The molecule has 94 valence electrons. The van der Waals surface area contributed by atoms with E-state index in [1.165, 1.54) is 7.11 Å². The van der Waals surface area contributed by atoms with Crippen LogP contribution in [-0.2, 0) is 9.53 Å².